The number of hydrogen-bond donors (Lipinski definition) is 1. The third-order valence-electron chi connectivity index (χ3n) is 2.61. The van der Waals surface area contributed by atoms with Gasteiger partial charge in [0.15, 0.2) is 0 Å². The van der Waals surface area contributed by atoms with E-state index in [0.717, 1.165) is 13.0 Å². The van der Waals surface area contributed by atoms with Crippen LogP contribution in [0.1, 0.15) is 13.3 Å². The maximum absolute atomic E-state index is 12.2. The molecule has 1 aromatic rings. The van der Waals surface area contributed by atoms with Gasteiger partial charge in [-0.3, -0.25) is 0 Å². The van der Waals surface area contributed by atoms with Crippen LogP contribution in [0.4, 0.5) is 5.82 Å². The first-order valence-corrected chi connectivity index (χ1v) is 7.61. The lowest BCUT2D eigenvalue weighted by Gasteiger charge is -2.16. The summed E-state index contributed by atoms with van der Waals surface area (Å²) in [4.78, 5) is 4.29. The summed E-state index contributed by atoms with van der Waals surface area (Å²) in [6.45, 7) is 3.54. The predicted molar refractivity (Wildman–Crippen MR) is 74.7 cm³/mol. The molecule has 0 aliphatic carbocycles. The van der Waals surface area contributed by atoms with Crippen LogP contribution in [0.5, 0.6) is 0 Å². The Morgan fingerprint density at radius 3 is 2.68 bits per heavy atom. The van der Waals surface area contributed by atoms with E-state index in [1.54, 1.807) is 12.1 Å². The highest BCUT2D eigenvalue weighted by Gasteiger charge is 2.20. The minimum absolute atomic E-state index is 0.188. The zero-order valence-electron chi connectivity index (χ0n) is 11.6. The molecule has 108 valence electrons. The van der Waals surface area contributed by atoms with Crippen LogP contribution >= 0.6 is 0 Å². The van der Waals surface area contributed by atoms with E-state index in [2.05, 4.69) is 17.2 Å². The van der Waals surface area contributed by atoms with Crippen LogP contribution in [0, 0.1) is 0 Å². The van der Waals surface area contributed by atoms with Gasteiger partial charge < -0.3 is 10.1 Å². The molecular formula is C12H21N3O3S. The molecule has 1 heterocycles. The zero-order chi connectivity index (χ0) is 14.3. The molecule has 0 radical (unpaired) electrons. The maximum atomic E-state index is 12.2. The number of nitrogens with zero attached hydrogens (tertiary/aromatic N) is 2. The molecule has 19 heavy (non-hydrogen) atoms. The van der Waals surface area contributed by atoms with E-state index in [4.69, 9.17) is 4.74 Å². The molecule has 0 amide bonds. The predicted octanol–water partition coefficient (Wildman–Crippen LogP) is 1.17. The van der Waals surface area contributed by atoms with Gasteiger partial charge in [0.1, 0.15) is 10.7 Å². The van der Waals surface area contributed by atoms with Crippen molar-refractivity contribution >= 4 is 15.8 Å². The van der Waals surface area contributed by atoms with Gasteiger partial charge in [0.05, 0.1) is 6.61 Å². The van der Waals surface area contributed by atoms with Crippen molar-refractivity contribution in [2.75, 3.05) is 39.2 Å². The van der Waals surface area contributed by atoms with Crippen LogP contribution in [-0.4, -0.2) is 51.6 Å². The Hall–Kier alpha value is -1.18. The van der Waals surface area contributed by atoms with Crippen LogP contribution in [-0.2, 0) is 14.8 Å². The number of likely N-dealkylation sites (N-methyl/N-ethyl adjacent to an activating group) is 1. The van der Waals surface area contributed by atoms with Gasteiger partial charge in [-0.2, -0.15) is 4.31 Å². The Balaban J connectivity index is 2.78. The Morgan fingerprint density at radius 2 is 2.16 bits per heavy atom. The normalized spacial score (nSPS) is 11.8. The summed E-state index contributed by atoms with van der Waals surface area (Å²) in [6, 6.07) is 3.23. The quantitative estimate of drug-likeness (QED) is 0.777. The van der Waals surface area contributed by atoms with Crippen molar-refractivity contribution in [2.24, 2.45) is 0 Å². The molecule has 0 spiro atoms. The van der Waals surface area contributed by atoms with Crippen LogP contribution in [0.2, 0.25) is 0 Å². The fraction of sp³-hybridized carbons (Fsp3) is 0.583. The van der Waals surface area contributed by atoms with Crippen molar-refractivity contribution in [1.29, 1.82) is 0 Å². The number of aromatic nitrogens is 1. The molecule has 0 saturated carbocycles. The van der Waals surface area contributed by atoms with Crippen molar-refractivity contribution in [3.63, 3.8) is 0 Å². The van der Waals surface area contributed by atoms with Gasteiger partial charge >= 0.3 is 0 Å². The average Bonchev–Trinajstić information content (AvgIpc) is 2.42. The summed E-state index contributed by atoms with van der Waals surface area (Å²) >= 11 is 0. The highest BCUT2D eigenvalue weighted by Crippen LogP contribution is 2.14. The SMILES string of the molecule is CCCNc1ccc(S(=O)(=O)N(C)CCOC)cn1. The second-order valence-electron chi connectivity index (χ2n) is 4.13. The number of sulfonamides is 1. The summed E-state index contributed by atoms with van der Waals surface area (Å²) in [5.74, 6) is 0.681. The number of nitrogens with one attached hydrogen (secondary N) is 1. The Kier molecular flexibility index (Phi) is 6.20. The lowest BCUT2D eigenvalue weighted by Crippen LogP contribution is -2.30. The smallest absolute Gasteiger partial charge is 0.244 e. The first-order valence-electron chi connectivity index (χ1n) is 6.17. The van der Waals surface area contributed by atoms with E-state index in [0.29, 0.717) is 19.0 Å². The summed E-state index contributed by atoms with van der Waals surface area (Å²) in [5, 5.41) is 3.10. The van der Waals surface area contributed by atoms with Crippen molar-refractivity contribution in [2.45, 2.75) is 18.2 Å². The first kappa shape index (κ1) is 15.9. The monoisotopic (exact) mass is 287 g/mol. The van der Waals surface area contributed by atoms with Gasteiger partial charge in [-0.15, -0.1) is 0 Å². The minimum Gasteiger partial charge on any atom is -0.383 e. The van der Waals surface area contributed by atoms with Gasteiger partial charge in [0.2, 0.25) is 10.0 Å². The van der Waals surface area contributed by atoms with E-state index in [1.165, 1.54) is 24.7 Å². The summed E-state index contributed by atoms with van der Waals surface area (Å²) in [5.41, 5.74) is 0. The van der Waals surface area contributed by atoms with E-state index in [9.17, 15) is 8.42 Å². The van der Waals surface area contributed by atoms with Gasteiger partial charge in [0, 0.05) is 33.4 Å². The summed E-state index contributed by atoms with van der Waals surface area (Å²) in [6.07, 6.45) is 2.36. The van der Waals surface area contributed by atoms with E-state index < -0.39 is 10.0 Å². The molecule has 6 nitrogen and oxygen atoms in total. The third kappa shape index (κ3) is 4.45. The van der Waals surface area contributed by atoms with Gasteiger partial charge in [-0.05, 0) is 18.6 Å². The van der Waals surface area contributed by atoms with Crippen molar-refractivity contribution < 1.29 is 13.2 Å². The van der Waals surface area contributed by atoms with Crippen molar-refractivity contribution in [1.82, 2.24) is 9.29 Å². The fourth-order valence-corrected chi connectivity index (χ4v) is 2.51. The average molecular weight is 287 g/mol. The molecule has 1 rings (SSSR count). The molecule has 1 N–H and O–H groups in total. The largest absolute Gasteiger partial charge is 0.383 e. The van der Waals surface area contributed by atoms with Gasteiger partial charge in [-0.25, -0.2) is 13.4 Å². The second-order valence-corrected chi connectivity index (χ2v) is 6.17. The number of methoxy groups -OCH3 is 1. The molecule has 1 aromatic heterocycles. The molecule has 0 unspecified atom stereocenters. The number of ether oxygens (including phenoxy) is 1. The summed E-state index contributed by atoms with van der Waals surface area (Å²) in [7, 11) is -0.422. The minimum atomic E-state index is -3.49. The van der Waals surface area contributed by atoms with Crippen LogP contribution in [0.15, 0.2) is 23.2 Å². The molecular weight excluding hydrogens is 266 g/mol. The fourth-order valence-electron chi connectivity index (χ4n) is 1.41. The maximum Gasteiger partial charge on any atom is 0.244 e. The molecule has 0 aliphatic rings. The number of rotatable bonds is 8. The lowest BCUT2D eigenvalue weighted by atomic mass is 10.4. The Labute approximate surface area is 114 Å². The molecule has 0 atom stereocenters. The second kappa shape index (κ2) is 7.42. The Morgan fingerprint density at radius 1 is 1.42 bits per heavy atom. The molecule has 0 saturated heterocycles. The standard InChI is InChI=1S/C12H21N3O3S/c1-4-7-13-12-6-5-11(10-14-12)19(16,17)15(2)8-9-18-3/h5-6,10H,4,7-9H2,1-3H3,(H,13,14). The number of anilines is 1. The van der Waals surface area contributed by atoms with E-state index in [1.807, 2.05) is 0 Å². The highest BCUT2D eigenvalue weighted by atomic mass is 32.2. The van der Waals surface area contributed by atoms with Crippen LogP contribution in [0.25, 0.3) is 0 Å². The molecule has 0 aromatic carbocycles. The van der Waals surface area contributed by atoms with Crippen LogP contribution < -0.4 is 5.32 Å². The van der Waals surface area contributed by atoms with E-state index >= 15 is 0 Å². The number of hydrogen-bond acceptors (Lipinski definition) is 5. The molecule has 0 fully saturated rings. The van der Waals surface area contributed by atoms with Gasteiger partial charge in [0.25, 0.3) is 0 Å². The topological polar surface area (TPSA) is 71.5 Å². The molecule has 0 bridgehead atoms. The molecule has 7 heteroatoms. The number of pyridine rings is 1. The van der Waals surface area contributed by atoms with Crippen LogP contribution in [0.3, 0.4) is 0 Å². The van der Waals surface area contributed by atoms with Crippen molar-refractivity contribution in [3.05, 3.63) is 18.3 Å². The lowest BCUT2D eigenvalue weighted by molar-refractivity contribution is 0.185. The first-order chi connectivity index (χ1) is 9.02. The summed E-state index contributed by atoms with van der Waals surface area (Å²) < 4.78 is 30.5. The van der Waals surface area contributed by atoms with E-state index in [-0.39, 0.29) is 4.90 Å². The Bertz CT molecular complexity index is 473. The molecule has 0 aliphatic heterocycles. The zero-order valence-corrected chi connectivity index (χ0v) is 12.4. The van der Waals surface area contributed by atoms with Crippen molar-refractivity contribution in [3.8, 4) is 0 Å². The third-order valence-corrected chi connectivity index (χ3v) is 4.45. The highest BCUT2D eigenvalue weighted by molar-refractivity contribution is 7.89. The van der Waals surface area contributed by atoms with Gasteiger partial charge in [-0.1, -0.05) is 6.92 Å².